The molecule has 0 N–H and O–H groups in total. The van der Waals surface area contributed by atoms with Crippen LogP contribution in [0.3, 0.4) is 0 Å². The van der Waals surface area contributed by atoms with Gasteiger partial charge in [-0.1, -0.05) is 24.3 Å². The summed E-state index contributed by atoms with van der Waals surface area (Å²) in [6, 6.07) is 20.9. The fourth-order valence-corrected chi connectivity index (χ4v) is 4.03. The van der Waals surface area contributed by atoms with Gasteiger partial charge in [0.15, 0.2) is 0 Å². The molecule has 2 heterocycles. The molecule has 2 amide bonds. The number of benzene rings is 3. The molecule has 0 fully saturated rings. The van der Waals surface area contributed by atoms with Gasteiger partial charge >= 0.3 is 0 Å². The summed E-state index contributed by atoms with van der Waals surface area (Å²) in [5, 5.41) is 0. The van der Waals surface area contributed by atoms with Gasteiger partial charge in [-0.2, -0.15) is 0 Å². The molecule has 0 saturated heterocycles. The Kier molecular flexibility index (Phi) is 4.09. The van der Waals surface area contributed by atoms with Crippen molar-refractivity contribution in [1.29, 1.82) is 0 Å². The monoisotopic (exact) mass is 384 g/mol. The third kappa shape index (κ3) is 2.86. The molecule has 3 aromatic rings. The minimum atomic E-state index is -0.287. The van der Waals surface area contributed by atoms with E-state index in [9.17, 15) is 9.59 Å². The summed E-state index contributed by atoms with van der Waals surface area (Å²) in [6.45, 7) is 4.09. The average molecular weight is 384 g/mol. The summed E-state index contributed by atoms with van der Waals surface area (Å²) >= 11 is 0. The van der Waals surface area contributed by atoms with E-state index < -0.39 is 0 Å². The summed E-state index contributed by atoms with van der Waals surface area (Å²) in [4.78, 5) is 29.4. The van der Waals surface area contributed by atoms with Gasteiger partial charge in [0.2, 0.25) is 0 Å². The average Bonchev–Trinajstić information content (AvgIpc) is 3.28. The predicted octanol–water partition coefficient (Wildman–Crippen LogP) is 4.41. The van der Waals surface area contributed by atoms with Crippen LogP contribution in [0.5, 0.6) is 5.75 Å². The quantitative estimate of drug-likeness (QED) is 0.626. The van der Waals surface area contributed by atoms with Crippen molar-refractivity contribution in [1.82, 2.24) is 0 Å². The second-order valence-corrected chi connectivity index (χ2v) is 7.23. The van der Waals surface area contributed by atoms with Gasteiger partial charge in [-0.15, -0.1) is 0 Å². The van der Waals surface area contributed by atoms with Gasteiger partial charge in [-0.05, 0) is 60.5 Å². The summed E-state index contributed by atoms with van der Waals surface area (Å²) in [7, 11) is 0. The lowest BCUT2D eigenvalue weighted by atomic mass is 10.1. The standard InChI is InChI=1S/C24H20N2O3/c1-2-29-20-10-7-18(8-11-20)26-23(27)21-12-9-19(13-22(21)24(26)28)25-14-16-5-3-4-6-17(16)15-25/h3-13H,2,14-15H2,1H3. The van der Waals surface area contributed by atoms with Crippen LogP contribution in [0.2, 0.25) is 0 Å². The number of hydrogen-bond donors (Lipinski definition) is 0. The van der Waals surface area contributed by atoms with Crippen LogP contribution in [0.25, 0.3) is 0 Å². The molecule has 5 nitrogen and oxygen atoms in total. The number of ether oxygens (including phenoxy) is 1. The minimum Gasteiger partial charge on any atom is -0.494 e. The van der Waals surface area contributed by atoms with E-state index >= 15 is 0 Å². The Morgan fingerprint density at radius 3 is 2.07 bits per heavy atom. The molecule has 0 unspecified atom stereocenters. The topological polar surface area (TPSA) is 49.9 Å². The van der Waals surface area contributed by atoms with Crippen LogP contribution in [0, 0.1) is 0 Å². The van der Waals surface area contributed by atoms with E-state index in [2.05, 4.69) is 17.0 Å². The molecule has 2 aliphatic rings. The Hall–Kier alpha value is -3.60. The van der Waals surface area contributed by atoms with Gasteiger partial charge in [0.1, 0.15) is 5.75 Å². The van der Waals surface area contributed by atoms with E-state index in [0.29, 0.717) is 29.2 Å². The van der Waals surface area contributed by atoms with Crippen LogP contribution < -0.4 is 14.5 Å². The number of amides is 2. The molecule has 0 spiro atoms. The molecule has 0 aliphatic carbocycles. The predicted molar refractivity (Wildman–Crippen MR) is 112 cm³/mol. The van der Waals surface area contributed by atoms with Crippen molar-refractivity contribution >= 4 is 23.2 Å². The Balaban J connectivity index is 1.43. The van der Waals surface area contributed by atoms with Gasteiger partial charge in [0.05, 0.1) is 23.4 Å². The molecular weight excluding hydrogens is 364 g/mol. The number of carbonyl (C=O) groups excluding carboxylic acids is 2. The van der Waals surface area contributed by atoms with E-state index in [-0.39, 0.29) is 11.8 Å². The Morgan fingerprint density at radius 1 is 0.793 bits per heavy atom. The zero-order valence-electron chi connectivity index (χ0n) is 16.1. The van der Waals surface area contributed by atoms with Crippen molar-refractivity contribution in [2.45, 2.75) is 20.0 Å². The molecule has 0 bridgehead atoms. The first-order chi connectivity index (χ1) is 14.2. The van der Waals surface area contributed by atoms with Crippen molar-refractivity contribution in [2.75, 3.05) is 16.4 Å². The minimum absolute atomic E-state index is 0.285. The highest BCUT2D eigenvalue weighted by Crippen LogP contribution is 2.34. The van der Waals surface area contributed by atoms with E-state index in [0.717, 1.165) is 18.8 Å². The molecule has 0 saturated carbocycles. The smallest absolute Gasteiger partial charge is 0.266 e. The first-order valence-electron chi connectivity index (χ1n) is 9.73. The highest BCUT2D eigenvalue weighted by atomic mass is 16.5. The van der Waals surface area contributed by atoms with Crippen LogP contribution in [0.15, 0.2) is 66.7 Å². The molecular formula is C24H20N2O3. The van der Waals surface area contributed by atoms with Crippen LogP contribution in [-0.2, 0) is 13.1 Å². The summed E-state index contributed by atoms with van der Waals surface area (Å²) < 4.78 is 5.44. The SMILES string of the molecule is CCOc1ccc(N2C(=O)c3ccc(N4Cc5ccccc5C4)cc3C2=O)cc1. The second-order valence-electron chi connectivity index (χ2n) is 7.23. The molecule has 0 aromatic heterocycles. The van der Waals surface area contributed by atoms with Crippen LogP contribution in [0.4, 0.5) is 11.4 Å². The van der Waals surface area contributed by atoms with Crippen LogP contribution in [-0.4, -0.2) is 18.4 Å². The fourth-order valence-electron chi connectivity index (χ4n) is 4.03. The molecule has 0 radical (unpaired) electrons. The molecule has 2 aliphatic heterocycles. The van der Waals surface area contributed by atoms with Crippen molar-refractivity contribution in [3.8, 4) is 5.75 Å². The van der Waals surface area contributed by atoms with Gasteiger partial charge in [-0.3, -0.25) is 9.59 Å². The van der Waals surface area contributed by atoms with Crippen LogP contribution >= 0.6 is 0 Å². The molecule has 3 aromatic carbocycles. The van der Waals surface area contributed by atoms with Crippen molar-refractivity contribution in [3.05, 3.63) is 89.0 Å². The molecule has 144 valence electrons. The zero-order chi connectivity index (χ0) is 20.0. The van der Waals surface area contributed by atoms with Crippen molar-refractivity contribution in [3.63, 3.8) is 0 Å². The fraction of sp³-hybridized carbons (Fsp3) is 0.167. The highest BCUT2D eigenvalue weighted by molar-refractivity contribution is 6.34. The van der Waals surface area contributed by atoms with E-state index in [4.69, 9.17) is 4.74 Å². The molecule has 5 rings (SSSR count). The first kappa shape index (κ1) is 17.5. The van der Waals surface area contributed by atoms with E-state index in [1.165, 1.54) is 16.0 Å². The Morgan fingerprint density at radius 2 is 1.41 bits per heavy atom. The number of imide groups is 1. The number of rotatable bonds is 4. The van der Waals surface area contributed by atoms with Crippen molar-refractivity contribution in [2.24, 2.45) is 0 Å². The molecule has 5 heteroatoms. The summed E-state index contributed by atoms with van der Waals surface area (Å²) in [5.74, 6) is 0.141. The number of nitrogens with zero attached hydrogens (tertiary/aromatic N) is 2. The van der Waals surface area contributed by atoms with Gasteiger partial charge < -0.3 is 9.64 Å². The zero-order valence-corrected chi connectivity index (χ0v) is 16.1. The lowest BCUT2D eigenvalue weighted by Gasteiger charge is -2.18. The van der Waals surface area contributed by atoms with E-state index in [1.807, 2.05) is 31.2 Å². The number of fused-ring (bicyclic) bond motifs is 2. The van der Waals surface area contributed by atoms with Crippen LogP contribution in [0.1, 0.15) is 38.8 Å². The number of anilines is 2. The highest BCUT2D eigenvalue weighted by Gasteiger charge is 2.37. The summed E-state index contributed by atoms with van der Waals surface area (Å²) in [6.07, 6.45) is 0. The second kappa shape index (κ2) is 6.78. The normalized spacial score (nSPS) is 14.9. The maximum absolute atomic E-state index is 13.1. The molecule has 29 heavy (non-hydrogen) atoms. The van der Waals surface area contributed by atoms with Crippen molar-refractivity contribution < 1.29 is 14.3 Å². The largest absolute Gasteiger partial charge is 0.494 e. The third-order valence-corrected chi connectivity index (χ3v) is 5.48. The lowest BCUT2D eigenvalue weighted by molar-refractivity contribution is 0.0926. The first-order valence-corrected chi connectivity index (χ1v) is 9.73. The van der Waals surface area contributed by atoms with Gasteiger partial charge in [0, 0.05) is 18.8 Å². The molecule has 0 atom stereocenters. The Labute approximate surface area is 169 Å². The maximum atomic E-state index is 13.1. The summed E-state index contributed by atoms with van der Waals surface area (Å²) in [5.41, 5.74) is 5.00. The lowest BCUT2D eigenvalue weighted by Crippen LogP contribution is -2.29. The van der Waals surface area contributed by atoms with E-state index in [1.54, 1.807) is 30.3 Å². The maximum Gasteiger partial charge on any atom is 0.266 e. The number of hydrogen-bond acceptors (Lipinski definition) is 4. The van der Waals surface area contributed by atoms with Gasteiger partial charge in [0.25, 0.3) is 11.8 Å². The third-order valence-electron chi connectivity index (χ3n) is 5.48. The number of carbonyl (C=O) groups is 2. The van der Waals surface area contributed by atoms with Gasteiger partial charge in [-0.25, -0.2) is 4.90 Å². The Bertz CT molecular complexity index is 1100.